The van der Waals surface area contributed by atoms with Gasteiger partial charge in [-0.25, -0.2) is 18.4 Å². The molecule has 208 valence electrons. The number of nitrogens with one attached hydrogen (secondary N) is 2. The first-order valence-electron chi connectivity index (χ1n) is 13.6. The van der Waals surface area contributed by atoms with Crippen LogP contribution in [0.4, 0.5) is 24.5 Å². The zero-order valence-corrected chi connectivity index (χ0v) is 23.0. The predicted molar refractivity (Wildman–Crippen MR) is 147 cm³/mol. The van der Waals surface area contributed by atoms with E-state index in [1.54, 1.807) is 39.8 Å². The standard InChI is InChI=1S/C28H28ClF3N8/c1-15-18(5-6-22(30)36-15)25(21-13-40(39-38-21)28(7-8-28)26(31)32)37-17-9-19-23(35-14-27(2,3)4)16(11-33)12-34-24(19)20(29)10-17/h5-6,9-10,12-13,25-26,37H,7-8,14H2,1-4H3,(H,34,35)/i14D2. The Morgan fingerprint density at radius 2 is 2.02 bits per heavy atom. The van der Waals surface area contributed by atoms with E-state index in [0.717, 1.165) is 0 Å². The van der Waals surface area contributed by atoms with Gasteiger partial charge in [-0.2, -0.15) is 9.65 Å². The molecule has 40 heavy (non-hydrogen) atoms. The first-order chi connectivity index (χ1) is 19.7. The molecule has 8 nitrogen and oxygen atoms in total. The van der Waals surface area contributed by atoms with Crippen LogP contribution in [-0.2, 0) is 5.54 Å². The summed E-state index contributed by atoms with van der Waals surface area (Å²) >= 11 is 6.64. The minimum absolute atomic E-state index is 0.114. The number of aryl methyl sites for hydroxylation is 1. The summed E-state index contributed by atoms with van der Waals surface area (Å²) in [4.78, 5) is 8.25. The third-order valence-electron chi connectivity index (χ3n) is 6.75. The summed E-state index contributed by atoms with van der Waals surface area (Å²) in [6.45, 7) is 4.88. The van der Waals surface area contributed by atoms with Crippen LogP contribution in [0.5, 0.6) is 0 Å². The van der Waals surface area contributed by atoms with Crippen molar-refractivity contribution in [3.05, 3.63) is 70.1 Å². The zero-order valence-electron chi connectivity index (χ0n) is 24.2. The molecular formula is C28H28ClF3N8. The fraction of sp³-hybridized carbons (Fsp3) is 0.393. The Hall–Kier alpha value is -3.91. The Bertz CT molecular complexity index is 1710. The minimum atomic E-state index is -2.62. The topological polar surface area (TPSA) is 104 Å². The Morgan fingerprint density at radius 1 is 1.27 bits per heavy atom. The van der Waals surface area contributed by atoms with Crippen molar-refractivity contribution in [1.29, 1.82) is 5.26 Å². The second-order valence-corrected chi connectivity index (χ2v) is 11.3. The molecule has 0 aliphatic heterocycles. The van der Waals surface area contributed by atoms with Gasteiger partial charge >= 0.3 is 0 Å². The third kappa shape index (κ3) is 5.28. The van der Waals surface area contributed by atoms with Crippen LogP contribution < -0.4 is 10.6 Å². The van der Waals surface area contributed by atoms with E-state index in [1.165, 1.54) is 29.2 Å². The number of rotatable bonds is 8. The predicted octanol–water partition coefficient (Wildman–Crippen LogP) is 6.61. The molecule has 3 aromatic heterocycles. The van der Waals surface area contributed by atoms with Crippen molar-refractivity contribution < 1.29 is 15.9 Å². The van der Waals surface area contributed by atoms with Crippen molar-refractivity contribution in [2.45, 2.75) is 58.5 Å². The van der Waals surface area contributed by atoms with Crippen molar-refractivity contribution in [3.63, 3.8) is 0 Å². The summed E-state index contributed by atoms with van der Waals surface area (Å²) < 4.78 is 59.9. The molecule has 0 saturated heterocycles. The van der Waals surface area contributed by atoms with Gasteiger partial charge in [0.15, 0.2) is 0 Å². The van der Waals surface area contributed by atoms with Crippen LogP contribution in [0.3, 0.4) is 0 Å². The first kappa shape index (κ1) is 25.1. The van der Waals surface area contributed by atoms with Crippen molar-refractivity contribution in [1.82, 2.24) is 25.0 Å². The Labute approximate surface area is 237 Å². The SMILES string of the molecule is [2H]C([2H])(Nc1c(C#N)cnc2c(Cl)cc(NC(c3cn(C4(C(F)F)CC4)nn3)c3ccc(F)nc3C)cc12)C(C)(C)C. The highest BCUT2D eigenvalue weighted by atomic mass is 35.5. The summed E-state index contributed by atoms with van der Waals surface area (Å²) in [7, 11) is 0. The molecule has 5 rings (SSSR count). The van der Waals surface area contributed by atoms with E-state index in [4.69, 9.17) is 14.3 Å². The van der Waals surface area contributed by atoms with Gasteiger partial charge in [0.05, 0.1) is 34.0 Å². The van der Waals surface area contributed by atoms with Gasteiger partial charge in [0.2, 0.25) is 5.95 Å². The average Bonchev–Trinajstić information content (AvgIpc) is 3.57. The molecule has 1 fully saturated rings. The van der Waals surface area contributed by atoms with Gasteiger partial charge in [0, 0.05) is 37.8 Å². The molecule has 0 radical (unpaired) electrons. The number of pyridine rings is 2. The molecule has 0 bridgehead atoms. The summed E-state index contributed by atoms with van der Waals surface area (Å²) in [5, 5.41) is 24.8. The lowest BCUT2D eigenvalue weighted by molar-refractivity contribution is 0.0593. The molecule has 1 aromatic carbocycles. The maximum absolute atomic E-state index is 13.9. The zero-order chi connectivity index (χ0) is 30.6. The number of benzene rings is 1. The largest absolute Gasteiger partial charge is 0.383 e. The van der Waals surface area contributed by atoms with Gasteiger partial charge in [0.1, 0.15) is 17.3 Å². The Morgan fingerprint density at radius 3 is 2.65 bits per heavy atom. The highest BCUT2D eigenvalue weighted by Gasteiger charge is 2.54. The summed E-state index contributed by atoms with van der Waals surface area (Å²) in [6.07, 6.45) is 0.703. The number of alkyl halides is 2. The molecule has 4 aromatic rings. The minimum Gasteiger partial charge on any atom is -0.383 e. The molecule has 2 N–H and O–H groups in total. The summed E-state index contributed by atoms with van der Waals surface area (Å²) in [5.74, 6) is -0.680. The van der Waals surface area contributed by atoms with Crippen LogP contribution >= 0.6 is 11.6 Å². The smallest absolute Gasteiger partial charge is 0.263 e. The number of halogens is 4. The molecular weight excluding hydrogens is 541 g/mol. The van der Waals surface area contributed by atoms with E-state index in [0.29, 0.717) is 33.5 Å². The van der Waals surface area contributed by atoms with Crippen LogP contribution in [0.1, 0.15) is 64.9 Å². The number of nitrogens with zero attached hydrogens (tertiary/aromatic N) is 6. The molecule has 12 heteroatoms. The first-order valence-corrected chi connectivity index (χ1v) is 13.0. The molecule has 3 heterocycles. The molecule has 1 aliphatic rings. The van der Waals surface area contributed by atoms with Crippen molar-refractivity contribution in [3.8, 4) is 6.07 Å². The van der Waals surface area contributed by atoms with E-state index in [2.05, 4.69) is 37.0 Å². The van der Waals surface area contributed by atoms with Gasteiger partial charge < -0.3 is 10.6 Å². The van der Waals surface area contributed by atoms with Gasteiger partial charge in [-0.05, 0) is 43.4 Å². The molecule has 1 aliphatic carbocycles. The second kappa shape index (κ2) is 10.2. The van der Waals surface area contributed by atoms with E-state index >= 15 is 0 Å². The van der Waals surface area contributed by atoms with E-state index in [-0.39, 0.29) is 29.1 Å². The molecule has 1 saturated carbocycles. The number of aromatic nitrogens is 5. The van der Waals surface area contributed by atoms with Gasteiger partial charge in [-0.3, -0.25) is 4.98 Å². The van der Waals surface area contributed by atoms with Crippen LogP contribution in [0.2, 0.25) is 5.02 Å². The van der Waals surface area contributed by atoms with Crippen molar-refractivity contribution >= 4 is 33.9 Å². The molecule has 1 atom stereocenters. The summed E-state index contributed by atoms with van der Waals surface area (Å²) in [5.41, 5.74) is 0.00352. The van der Waals surface area contributed by atoms with Gasteiger partial charge in [0.25, 0.3) is 6.43 Å². The lowest BCUT2D eigenvalue weighted by Gasteiger charge is -2.23. The highest BCUT2D eigenvalue weighted by Crippen LogP contribution is 2.48. The number of anilines is 2. The molecule has 1 unspecified atom stereocenters. The van der Waals surface area contributed by atoms with Crippen LogP contribution in [0, 0.1) is 29.6 Å². The number of fused-ring (bicyclic) bond motifs is 1. The van der Waals surface area contributed by atoms with Crippen LogP contribution in [0.15, 0.2) is 36.7 Å². The van der Waals surface area contributed by atoms with Gasteiger partial charge in [-0.15, -0.1) is 5.10 Å². The fourth-order valence-electron chi connectivity index (χ4n) is 4.44. The second-order valence-electron chi connectivity index (χ2n) is 10.9. The van der Waals surface area contributed by atoms with Gasteiger partial charge in [-0.1, -0.05) is 43.7 Å². The Balaban J connectivity index is 1.63. The quantitative estimate of drug-likeness (QED) is 0.230. The van der Waals surface area contributed by atoms with Crippen molar-refractivity contribution in [2.24, 2.45) is 5.41 Å². The number of nitriles is 1. The van der Waals surface area contributed by atoms with Crippen LogP contribution in [0.25, 0.3) is 10.9 Å². The fourth-order valence-corrected chi connectivity index (χ4v) is 4.71. The normalized spacial score (nSPS) is 16.3. The number of hydrogen-bond donors (Lipinski definition) is 2. The maximum Gasteiger partial charge on any atom is 0.263 e. The summed E-state index contributed by atoms with van der Waals surface area (Å²) in [6, 6.07) is 7.21. The third-order valence-corrected chi connectivity index (χ3v) is 7.04. The monoisotopic (exact) mass is 570 g/mol. The maximum atomic E-state index is 13.9. The lowest BCUT2D eigenvalue weighted by Crippen LogP contribution is -2.26. The lowest BCUT2D eigenvalue weighted by atomic mass is 9.96. The van der Waals surface area contributed by atoms with E-state index < -0.39 is 35.9 Å². The molecule has 0 spiro atoms. The van der Waals surface area contributed by atoms with Crippen molar-refractivity contribution in [2.75, 3.05) is 17.1 Å². The van der Waals surface area contributed by atoms with E-state index in [1.807, 2.05) is 0 Å². The van der Waals surface area contributed by atoms with Crippen LogP contribution in [-0.4, -0.2) is 37.9 Å². The van der Waals surface area contributed by atoms with E-state index in [9.17, 15) is 18.4 Å². The molecule has 0 amide bonds. The Kier molecular flexibility index (Phi) is 6.42. The number of hydrogen-bond acceptors (Lipinski definition) is 7. The average molecular weight is 571 g/mol. The highest BCUT2D eigenvalue weighted by molar-refractivity contribution is 6.35.